The van der Waals surface area contributed by atoms with Crippen LogP contribution in [0.5, 0.6) is 5.75 Å². The highest BCUT2D eigenvalue weighted by molar-refractivity contribution is 6.09. The first-order valence-corrected chi connectivity index (χ1v) is 9.32. The lowest BCUT2D eigenvalue weighted by Crippen LogP contribution is -2.22. The number of fused-ring (bicyclic) bond motifs is 1. The summed E-state index contributed by atoms with van der Waals surface area (Å²) in [6.45, 7) is 0.153. The van der Waals surface area contributed by atoms with Gasteiger partial charge in [0, 0.05) is 19.5 Å². The maximum absolute atomic E-state index is 12.9. The van der Waals surface area contributed by atoms with Crippen LogP contribution in [-0.2, 0) is 11.8 Å². The first-order valence-electron chi connectivity index (χ1n) is 9.32. The normalized spacial score (nSPS) is 11.7. The molecular formula is C22H21N3O6. The summed E-state index contributed by atoms with van der Waals surface area (Å²) in [5, 5.41) is 31.6. The first kappa shape index (κ1) is 21.8. The zero-order valence-electron chi connectivity index (χ0n) is 17.0. The van der Waals surface area contributed by atoms with Crippen molar-refractivity contribution in [3.05, 3.63) is 59.3 Å². The Balaban J connectivity index is 1.91. The molecule has 1 aromatic heterocycles. The van der Waals surface area contributed by atoms with Crippen LogP contribution in [0.2, 0.25) is 0 Å². The van der Waals surface area contributed by atoms with Gasteiger partial charge in [-0.15, -0.1) is 0 Å². The van der Waals surface area contributed by atoms with Gasteiger partial charge in [0.05, 0.1) is 35.0 Å². The van der Waals surface area contributed by atoms with E-state index in [0.29, 0.717) is 11.3 Å². The molecule has 0 radical (unpaired) electrons. The Morgan fingerprint density at radius 1 is 1.23 bits per heavy atom. The molecule has 0 aliphatic carbocycles. The number of aliphatic hydroxyl groups is 1. The fourth-order valence-corrected chi connectivity index (χ4v) is 3.23. The van der Waals surface area contributed by atoms with Gasteiger partial charge in [-0.25, -0.2) is 4.79 Å². The zero-order chi connectivity index (χ0) is 22.5. The number of rotatable bonds is 8. The lowest BCUT2D eigenvalue weighted by Gasteiger charge is -2.13. The van der Waals surface area contributed by atoms with Gasteiger partial charge < -0.3 is 29.6 Å². The van der Waals surface area contributed by atoms with Crippen molar-refractivity contribution < 1.29 is 29.3 Å². The third kappa shape index (κ3) is 4.66. The topological polar surface area (TPSA) is 134 Å². The number of anilines is 1. The van der Waals surface area contributed by atoms with Crippen molar-refractivity contribution in [3.63, 3.8) is 0 Å². The summed E-state index contributed by atoms with van der Waals surface area (Å²) in [5.74, 6) is -1.29. The Morgan fingerprint density at radius 2 is 2.00 bits per heavy atom. The van der Waals surface area contributed by atoms with Crippen molar-refractivity contribution in [2.45, 2.75) is 6.10 Å². The van der Waals surface area contributed by atoms with Crippen LogP contribution in [-0.4, -0.2) is 53.1 Å². The fraction of sp³-hybridized carbons (Fsp3) is 0.227. The van der Waals surface area contributed by atoms with Gasteiger partial charge in [-0.05, 0) is 30.3 Å². The average Bonchev–Trinajstić information content (AvgIpc) is 3.10. The molecule has 0 aliphatic rings. The largest absolute Gasteiger partial charge is 0.489 e. The number of aliphatic hydroxyl groups excluding tert-OH is 1. The molecular weight excluding hydrogens is 402 g/mol. The molecule has 1 atom stereocenters. The number of amides is 1. The third-order valence-corrected chi connectivity index (χ3v) is 4.67. The van der Waals surface area contributed by atoms with Crippen LogP contribution < -0.4 is 10.1 Å². The van der Waals surface area contributed by atoms with Gasteiger partial charge in [0.2, 0.25) is 0 Å². The van der Waals surface area contributed by atoms with Crippen molar-refractivity contribution in [3.8, 4) is 11.8 Å². The molecule has 0 fully saturated rings. The SMILES string of the molecule is COCC(O)COc1cccc2cc(C(=O)Nc3ccc(C#N)cc3C(=O)O)n(C)c12. The smallest absolute Gasteiger partial charge is 0.337 e. The number of benzene rings is 2. The van der Waals surface area contributed by atoms with E-state index in [-0.39, 0.29) is 35.7 Å². The molecule has 0 spiro atoms. The highest BCUT2D eigenvalue weighted by Gasteiger charge is 2.19. The number of hydrogen-bond donors (Lipinski definition) is 3. The van der Waals surface area contributed by atoms with Gasteiger partial charge >= 0.3 is 5.97 Å². The molecule has 0 bridgehead atoms. The number of ether oxygens (including phenoxy) is 2. The molecule has 1 heterocycles. The van der Waals surface area contributed by atoms with Gasteiger partial charge in [0.25, 0.3) is 5.91 Å². The second-order valence-corrected chi connectivity index (χ2v) is 6.83. The van der Waals surface area contributed by atoms with Gasteiger partial charge in [0.15, 0.2) is 0 Å². The van der Waals surface area contributed by atoms with E-state index in [0.717, 1.165) is 5.39 Å². The van der Waals surface area contributed by atoms with Gasteiger partial charge in [-0.3, -0.25) is 4.79 Å². The van der Waals surface area contributed by atoms with Gasteiger partial charge in [-0.1, -0.05) is 12.1 Å². The quantitative estimate of drug-likeness (QED) is 0.506. The second-order valence-electron chi connectivity index (χ2n) is 6.83. The second kappa shape index (κ2) is 9.30. The average molecular weight is 423 g/mol. The van der Waals surface area contributed by atoms with Crippen molar-refractivity contribution in [2.75, 3.05) is 25.6 Å². The number of hydrogen-bond acceptors (Lipinski definition) is 6. The molecule has 1 unspecified atom stereocenters. The number of aryl methyl sites for hydroxylation is 1. The highest BCUT2D eigenvalue weighted by atomic mass is 16.5. The van der Waals surface area contributed by atoms with Crippen molar-refractivity contribution in [1.82, 2.24) is 4.57 Å². The maximum atomic E-state index is 12.9. The number of methoxy groups -OCH3 is 1. The summed E-state index contributed by atoms with van der Waals surface area (Å²) in [6, 6.07) is 12.9. The molecule has 3 rings (SSSR count). The first-order chi connectivity index (χ1) is 14.8. The van der Waals surface area contributed by atoms with Crippen LogP contribution in [0, 0.1) is 11.3 Å². The van der Waals surface area contributed by atoms with Crippen molar-refractivity contribution in [1.29, 1.82) is 5.26 Å². The van der Waals surface area contributed by atoms with E-state index in [2.05, 4.69) is 5.32 Å². The zero-order valence-corrected chi connectivity index (χ0v) is 17.0. The lowest BCUT2D eigenvalue weighted by molar-refractivity contribution is 0.0328. The number of carboxylic acids is 1. The maximum Gasteiger partial charge on any atom is 0.337 e. The van der Waals surface area contributed by atoms with Gasteiger partial charge in [-0.2, -0.15) is 5.26 Å². The summed E-state index contributed by atoms with van der Waals surface area (Å²) >= 11 is 0. The van der Waals surface area contributed by atoms with E-state index in [1.807, 2.05) is 12.1 Å². The van der Waals surface area contributed by atoms with Crippen LogP contribution in [0.15, 0.2) is 42.5 Å². The minimum atomic E-state index is -1.25. The molecule has 0 aliphatic heterocycles. The van der Waals surface area contributed by atoms with Gasteiger partial charge in [0.1, 0.15) is 24.2 Å². The van der Waals surface area contributed by atoms with Crippen LogP contribution >= 0.6 is 0 Å². The standard InChI is InChI=1S/C22H21N3O6/c1-25-18(21(27)24-17-7-6-13(10-23)8-16(17)22(28)29)9-14-4-3-5-19(20(14)25)31-12-15(26)11-30-2/h3-9,15,26H,11-12H2,1-2H3,(H,24,27)(H,28,29). The molecule has 9 nitrogen and oxygen atoms in total. The van der Waals surface area contributed by atoms with E-state index in [4.69, 9.17) is 14.7 Å². The Morgan fingerprint density at radius 3 is 2.68 bits per heavy atom. The predicted molar refractivity (Wildman–Crippen MR) is 112 cm³/mol. The minimum Gasteiger partial charge on any atom is -0.489 e. The Bertz CT molecular complexity index is 1180. The fourth-order valence-electron chi connectivity index (χ4n) is 3.23. The minimum absolute atomic E-state index is 0.0207. The summed E-state index contributed by atoms with van der Waals surface area (Å²) in [5.41, 5.74) is 1.01. The highest BCUT2D eigenvalue weighted by Crippen LogP contribution is 2.29. The summed E-state index contributed by atoms with van der Waals surface area (Å²) < 4.78 is 12.2. The number of carboxylic acid groups (broad SMARTS) is 1. The molecule has 3 N–H and O–H groups in total. The van der Waals surface area contributed by atoms with E-state index < -0.39 is 18.0 Å². The van der Waals surface area contributed by atoms with E-state index in [1.165, 1.54) is 25.3 Å². The molecule has 2 aromatic carbocycles. The van der Waals surface area contributed by atoms with Crippen molar-refractivity contribution in [2.24, 2.45) is 7.05 Å². The van der Waals surface area contributed by atoms with Crippen molar-refractivity contribution >= 4 is 28.5 Å². The Labute approximate surface area is 178 Å². The third-order valence-electron chi connectivity index (χ3n) is 4.67. The number of carbonyl (C=O) groups excluding carboxylic acids is 1. The van der Waals surface area contributed by atoms with E-state index in [1.54, 1.807) is 29.8 Å². The number of aromatic nitrogens is 1. The summed E-state index contributed by atoms with van der Waals surface area (Å²) in [7, 11) is 3.17. The molecule has 1 amide bonds. The molecule has 3 aromatic rings. The van der Waals surface area contributed by atoms with Crippen LogP contribution in [0.3, 0.4) is 0 Å². The molecule has 0 saturated heterocycles. The number of nitrogens with zero attached hydrogens (tertiary/aromatic N) is 2. The van der Waals surface area contributed by atoms with E-state index in [9.17, 15) is 19.8 Å². The number of nitriles is 1. The Kier molecular flexibility index (Phi) is 6.55. The summed E-state index contributed by atoms with van der Waals surface area (Å²) in [4.78, 5) is 24.4. The van der Waals surface area contributed by atoms with E-state index >= 15 is 0 Å². The van der Waals surface area contributed by atoms with Crippen LogP contribution in [0.4, 0.5) is 5.69 Å². The monoisotopic (exact) mass is 423 g/mol. The lowest BCUT2D eigenvalue weighted by atomic mass is 10.1. The predicted octanol–water partition coefficient (Wildman–Crippen LogP) is 2.39. The van der Waals surface area contributed by atoms with Crippen LogP contribution in [0.1, 0.15) is 26.4 Å². The number of aromatic carboxylic acids is 1. The molecule has 160 valence electrons. The molecule has 31 heavy (non-hydrogen) atoms. The number of nitrogens with one attached hydrogen (secondary N) is 1. The van der Waals surface area contributed by atoms with Crippen LogP contribution in [0.25, 0.3) is 10.9 Å². The number of carbonyl (C=O) groups is 2. The Hall–Kier alpha value is -3.87. The molecule has 9 heteroatoms. The molecule has 0 saturated carbocycles. The summed E-state index contributed by atoms with van der Waals surface area (Å²) in [6.07, 6.45) is -0.797. The number of para-hydroxylation sites is 1.